The molecule has 1 heterocycles. The molecule has 0 N–H and O–H groups in total. The number of hydrogen-bond acceptors (Lipinski definition) is 2. The first-order valence-corrected chi connectivity index (χ1v) is 5.82. The first kappa shape index (κ1) is 13.8. The number of ether oxygens (including phenoxy) is 1. The maximum absolute atomic E-state index is 11.7. The van der Waals surface area contributed by atoms with Crippen LogP contribution in [0.5, 0.6) is 0 Å². The van der Waals surface area contributed by atoms with E-state index in [0.29, 0.717) is 6.61 Å². The van der Waals surface area contributed by atoms with Crippen molar-refractivity contribution >= 4 is 18.5 Å². The van der Waals surface area contributed by atoms with Crippen molar-refractivity contribution < 1.29 is 9.53 Å². The number of halogens is 1. The van der Waals surface area contributed by atoms with E-state index in [2.05, 4.69) is 0 Å². The Bertz CT molecular complexity index is 337. The third-order valence-electron chi connectivity index (χ3n) is 2.82. The van der Waals surface area contributed by atoms with Gasteiger partial charge in [-0.05, 0) is 24.8 Å². The van der Waals surface area contributed by atoms with Crippen LogP contribution in [0.3, 0.4) is 0 Å². The number of carbonyl (C=O) groups is 1. The number of amides is 1. The molecule has 1 aromatic rings. The predicted octanol–water partition coefficient (Wildman–Crippen LogP) is 3.23. The van der Waals surface area contributed by atoms with E-state index in [9.17, 15) is 4.79 Å². The molecule has 1 saturated heterocycles. The molecule has 0 aromatic heterocycles. The second-order valence-electron chi connectivity index (χ2n) is 4.09. The zero-order valence-corrected chi connectivity index (χ0v) is 10.6. The predicted molar refractivity (Wildman–Crippen MR) is 69.3 cm³/mol. The molecule has 1 aliphatic heterocycles. The minimum Gasteiger partial charge on any atom is -0.445 e. The summed E-state index contributed by atoms with van der Waals surface area (Å²) in [5.74, 6) is 0. The molecule has 0 spiro atoms. The molecule has 2 rings (SSSR count). The van der Waals surface area contributed by atoms with Crippen molar-refractivity contribution in [3.8, 4) is 0 Å². The van der Waals surface area contributed by atoms with E-state index < -0.39 is 0 Å². The van der Waals surface area contributed by atoms with Crippen LogP contribution in [0.1, 0.15) is 24.8 Å². The lowest BCUT2D eigenvalue weighted by atomic mass is 10.1. The van der Waals surface area contributed by atoms with Gasteiger partial charge in [-0.2, -0.15) is 0 Å². The van der Waals surface area contributed by atoms with Gasteiger partial charge in [-0.25, -0.2) is 4.79 Å². The zero-order valence-electron chi connectivity index (χ0n) is 9.80. The molecule has 4 heteroatoms. The summed E-state index contributed by atoms with van der Waals surface area (Å²) < 4.78 is 5.25. The Morgan fingerprint density at radius 2 is 1.76 bits per heavy atom. The quantitative estimate of drug-likeness (QED) is 0.812. The first-order valence-electron chi connectivity index (χ1n) is 5.82. The van der Waals surface area contributed by atoms with Crippen molar-refractivity contribution in [3.05, 3.63) is 35.9 Å². The van der Waals surface area contributed by atoms with E-state index in [-0.39, 0.29) is 18.5 Å². The normalized spacial score (nSPS) is 14.9. The van der Waals surface area contributed by atoms with Crippen LogP contribution in [-0.4, -0.2) is 24.1 Å². The molecule has 0 atom stereocenters. The van der Waals surface area contributed by atoms with Gasteiger partial charge in [0.1, 0.15) is 6.61 Å². The van der Waals surface area contributed by atoms with Gasteiger partial charge in [-0.1, -0.05) is 30.3 Å². The van der Waals surface area contributed by atoms with E-state index in [1.807, 2.05) is 30.3 Å². The maximum atomic E-state index is 11.7. The zero-order chi connectivity index (χ0) is 11.2. The van der Waals surface area contributed by atoms with E-state index in [4.69, 9.17) is 4.74 Å². The van der Waals surface area contributed by atoms with Gasteiger partial charge in [0.25, 0.3) is 0 Å². The first-order chi connectivity index (χ1) is 7.86. The van der Waals surface area contributed by atoms with Crippen molar-refractivity contribution in [2.24, 2.45) is 0 Å². The molecule has 17 heavy (non-hydrogen) atoms. The lowest BCUT2D eigenvalue weighted by molar-refractivity contribution is 0.0894. The minimum atomic E-state index is -0.177. The van der Waals surface area contributed by atoms with Crippen LogP contribution in [0.25, 0.3) is 0 Å². The summed E-state index contributed by atoms with van der Waals surface area (Å²) in [6.45, 7) is 2.05. The lowest BCUT2D eigenvalue weighted by Crippen LogP contribution is -2.35. The van der Waals surface area contributed by atoms with Gasteiger partial charge in [-0.3, -0.25) is 0 Å². The average Bonchev–Trinajstić information content (AvgIpc) is 2.38. The Balaban J connectivity index is 0.00000144. The van der Waals surface area contributed by atoms with E-state index in [1.54, 1.807) is 4.90 Å². The molecule has 1 aromatic carbocycles. The summed E-state index contributed by atoms with van der Waals surface area (Å²) in [5.41, 5.74) is 1.04. The highest BCUT2D eigenvalue weighted by Crippen LogP contribution is 2.11. The molecule has 0 unspecified atom stereocenters. The van der Waals surface area contributed by atoms with Crippen molar-refractivity contribution in [2.45, 2.75) is 25.9 Å². The molecular formula is C13H18ClNO2. The van der Waals surface area contributed by atoms with Crippen LogP contribution in [0.15, 0.2) is 30.3 Å². The van der Waals surface area contributed by atoms with Crippen LogP contribution < -0.4 is 0 Å². The van der Waals surface area contributed by atoms with Gasteiger partial charge in [0.15, 0.2) is 0 Å². The fourth-order valence-electron chi connectivity index (χ4n) is 1.89. The van der Waals surface area contributed by atoms with E-state index >= 15 is 0 Å². The Hall–Kier alpha value is -1.22. The molecule has 0 radical (unpaired) electrons. The van der Waals surface area contributed by atoms with Crippen molar-refractivity contribution in [3.63, 3.8) is 0 Å². The standard InChI is InChI=1S/C13H17NO2.ClH/c15-13(14-9-5-2-6-10-14)16-11-12-7-3-1-4-8-12;/h1,3-4,7-8H,2,5-6,9-11H2;1H. The highest BCUT2D eigenvalue weighted by atomic mass is 35.5. The molecule has 1 aliphatic rings. The summed E-state index contributed by atoms with van der Waals surface area (Å²) in [6, 6.07) is 9.77. The molecular weight excluding hydrogens is 238 g/mol. The number of rotatable bonds is 2. The van der Waals surface area contributed by atoms with Crippen LogP contribution in [0.2, 0.25) is 0 Å². The largest absolute Gasteiger partial charge is 0.445 e. The van der Waals surface area contributed by atoms with Crippen LogP contribution in [0, 0.1) is 0 Å². The summed E-state index contributed by atoms with van der Waals surface area (Å²) >= 11 is 0. The average molecular weight is 256 g/mol. The number of hydrogen-bond donors (Lipinski definition) is 0. The Labute approximate surface area is 108 Å². The van der Waals surface area contributed by atoms with Gasteiger partial charge in [0.05, 0.1) is 0 Å². The van der Waals surface area contributed by atoms with E-state index in [0.717, 1.165) is 31.5 Å². The van der Waals surface area contributed by atoms with Gasteiger partial charge in [0, 0.05) is 13.1 Å². The Morgan fingerprint density at radius 3 is 2.41 bits per heavy atom. The van der Waals surface area contributed by atoms with Crippen molar-refractivity contribution in [1.82, 2.24) is 4.90 Å². The fraction of sp³-hybridized carbons (Fsp3) is 0.462. The highest BCUT2D eigenvalue weighted by Gasteiger charge is 2.17. The summed E-state index contributed by atoms with van der Waals surface area (Å²) in [5, 5.41) is 0. The fourth-order valence-corrected chi connectivity index (χ4v) is 1.89. The van der Waals surface area contributed by atoms with Crippen LogP contribution in [0.4, 0.5) is 4.79 Å². The smallest absolute Gasteiger partial charge is 0.410 e. The third kappa shape index (κ3) is 4.27. The summed E-state index contributed by atoms with van der Waals surface area (Å²) in [6.07, 6.45) is 3.24. The molecule has 0 bridgehead atoms. The monoisotopic (exact) mass is 255 g/mol. The second kappa shape index (κ2) is 7.17. The molecule has 94 valence electrons. The van der Waals surface area contributed by atoms with Gasteiger partial charge in [0.2, 0.25) is 0 Å². The van der Waals surface area contributed by atoms with Gasteiger partial charge < -0.3 is 9.64 Å². The topological polar surface area (TPSA) is 29.5 Å². The highest BCUT2D eigenvalue weighted by molar-refractivity contribution is 5.85. The number of piperidine rings is 1. The van der Waals surface area contributed by atoms with Crippen molar-refractivity contribution in [1.29, 1.82) is 0 Å². The second-order valence-corrected chi connectivity index (χ2v) is 4.09. The molecule has 3 nitrogen and oxygen atoms in total. The number of likely N-dealkylation sites (tertiary alicyclic amines) is 1. The lowest BCUT2D eigenvalue weighted by Gasteiger charge is -2.25. The molecule has 0 saturated carbocycles. The van der Waals surface area contributed by atoms with Crippen LogP contribution >= 0.6 is 12.4 Å². The SMILES string of the molecule is Cl.O=C(OCc1ccccc1)N1CCCCC1. The third-order valence-corrected chi connectivity index (χ3v) is 2.82. The number of carbonyl (C=O) groups excluding carboxylic acids is 1. The number of benzene rings is 1. The van der Waals surface area contributed by atoms with Crippen molar-refractivity contribution in [2.75, 3.05) is 13.1 Å². The van der Waals surface area contributed by atoms with Gasteiger partial charge >= 0.3 is 6.09 Å². The Morgan fingerprint density at radius 1 is 1.12 bits per heavy atom. The van der Waals surface area contributed by atoms with Crippen LogP contribution in [-0.2, 0) is 11.3 Å². The number of nitrogens with zero attached hydrogens (tertiary/aromatic N) is 1. The Kier molecular flexibility index (Phi) is 5.84. The summed E-state index contributed by atoms with van der Waals surface area (Å²) in [7, 11) is 0. The molecule has 0 aliphatic carbocycles. The summed E-state index contributed by atoms with van der Waals surface area (Å²) in [4.78, 5) is 13.5. The minimum absolute atomic E-state index is 0. The molecule has 1 amide bonds. The maximum Gasteiger partial charge on any atom is 0.410 e. The van der Waals surface area contributed by atoms with E-state index in [1.165, 1.54) is 6.42 Å². The van der Waals surface area contributed by atoms with Gasteiger partial charge in [-0.15, -0.1) is 12.4 Å². The molecule has 1 fully saturated rings.